The highest BCUT2D eigenvalue weighted by molar-refractivity contribution is 5.47. The normalized spacial score (nSPS) is 17.4. The van der Waals surface area contributed by atoms with Crippen molar-refractivity contribution in [3.05, 3.63) is 24.0 Å². The molecule has 0 aliphatic carbocycles. The van der Waals surface area contributed by atoms with Gasteiger partial charge in [0.1, 0.15) is 0 Å². The Hall–Kier alpha value is -1.43. The molecule has 0 amide bonds. The first-order chi connectivity index (χ1) is 8.48. The van der Waals surface area contributed by atoms with Crippen molar-refractivity contribution in [1.82, 2.24) is 0 Å². The molecule has 1 heterocycles. The van der Waals surface area contributed by atoms with Gasteiger partial charge in [0.15, 0.2) is 11.6 Å². The van der Waals surface area contributed by atoms with Crippen LogP contribution in [0.2, 0.25) is 0 Å². The molecule has 100 valence electrons. The van der Waals surface area contributed by atoms with Gasteiger partial charge < -0.3 is 14.8 Å². The summed E-state index contributed by atoms with van der Waals surface area (Å²) in [5, 5.41) is 3.05. The van der Waals surface area contributed by atoms with E-state index in [4.69, 9.17) is 4.74 Å². The summed E-state index contributed by atoms with van der Waals surface area (Å²) in [6, 6.07) is 3.83. The molecule has 0 saturated carbocycles. The summed E-state index contributed by atoms with van der Waals surface area (Å²) in [6.45, 7) is 0.990. The first-order valence-electron chi connectivity index (χ1n) is 5.54. The first-order valence-corrected chi connectivity index (χ1v) is 5.54. The molecule has 1 saturated heterocycles. The number of nitrogens with one attached hydrogen (secondary N) is 1. The van der Waals surface area contributed by atoms with Crippen molar-refractivity contribution < 1.29 is 22.6 Å². The van der Waals surface area contributed by atoms with E-state index in [1.165, 1.54) is 12.1 Å². The van der Waals surface area contributed by atoms with Crippen molar-refractivity contribution in [3.63, 3.8) is 0 Å². The predicted octanol–water partition coefficient (Wildman–Crippen LogP) is 2.88. The molecule has 0 spiro atoms. The Bertz CT molecular complexity index is 422. The molecule has 0 aromatic heterocycles. The SMILES string of the molecule is CC1(CNc2ccc(OC(F)F)c(F)c2)COC1. The number of anilines is 1. The average Bonchev–Trinajstić information content (AvgIpc) is 2.26. The van der Waals surface area contributed by atoms with Crippen molar-refractivity contribution in [1.29, 1.82) is 0 Å². The minimum Gasteiger partial charge on any atom is -0.432 e. The fourth-order valence-electron chi connectivity index (χ4n) is 1.67. The van der Waals surface area contributed by atoms with E-state index in [9.17, 15) is 13.2 Å². The molecule has 3 nitrogen and oxygen atoms in total. The summed E-state index contributed by atoms with van der Waals surface area (Å²) in [4.78, 5) is 0. The van der Waals surface area contributed by atoms with Gasteiger partial charge in [-0.1, -0.05) is 6.92 Å². The lowest BCUT2D eigenvalue weighted by Gasteiger charge is -2.38. The topological polar surface area (TPSA) is 30.5 Å². The van der Waals surface area contributed by atoms with Crippen LogP contribution in [0.3, 0.4) is 0 Å². The molecular formula is C12H14F3NO2. The molecule has 1 aromatic carbocycles. The zero-order valence-electron chi connectivity index (χ0n) is 9.88. The number of rotatable bonds is 5. The van der Waals surface area contributed by atoms with Gasteiger partial charge in [-0.15, -0.1) is 0 Å². The molecule has 0 radical (unpaired) electrons. The van der Waals surface area contributed by atoms with E-state index in [-0.39, 0.29) is 5.41 Å². The molecule has 1 fully saturated rings. The summed E-state index contributed by atoms with van der Waals surface area (Å²) in [6.07, 6.45) is 0. The Balaban J connectivity index is 1.95. The zero-order valence-corrected chi connectivity index (χ0v) is 9.88. The maximum atomic E-state index is 13.4. The Morgan fingerprint density at radius 3 is 2.67 bits per heavy atom. The number of hydrogen-bond donors (Lipinski definition) is 1. The van der Waals surface area contributed by atoms with Crippen molar-refractivity contribution in [3.8, 4) is 5.75 Å². The van der Waals surface area contributed by atoms with Crippen LogP contribution in [0.15, 0.2) is 18.2 Å². The molecule has 1 aliphatic rings. The van der Waals surface area contributed by atoms with E-state index in [1.54, 1.807) is 0 Å². The van der Waals surface area contributed by atoms with Gasteiger partial charge in [0.2, 0.25) is 0 Å². The molecular weight excluding hydrogens is 247 g/mol. The zero-order chi connectivity index (χ0) is 13.2. The lowest BCUT2D eigenvalue weighted by Crippen LogP contribution is -2.45. The molecule has 0 atom stereocenters. The molecule has 6 heteroatoms. The van der Waals surface area contributed by atoms with Crippen LogP contribution in [-0.4, -0.2) is 26.4 Å². The van der Waals surface area contributed by atoms with E-state index in [1.807, 2.05) is 6.92 Å². The Morgan fingerprint density at radius 1 is 1.44 bits per heavy atom. The van der Waals surface area contributed by atoms with Gasteiger partial charge >= 0.3 is 6.61 Å². The van der Waals surface area contributed by atoms with Crippen LogP contribution in [0.1, 0.15) is 6.92 Å². The minimum atomic E-state index is -3.02. The molecule has 0 unspecified atom stereocenters. The van der Waals surface area contributed by atoms with E-state index in [0.29, 0.717) is 25.4 Å². The van der Waals surface area contributed by atoms with Crippen molar-refractivity contribution in [2.24, 2.45) is 5.41 Å². The van der Waals surface area contributed by atoms with Crippen molar-refractivity contribution in [2.75, 3.05) is 25.1 Å². The van der Waals surface area contributed by atoms with Crippen LogP contribution in [0, 0.1) is 11.2 Å². The quantitative estimate of drug-likeness (QED) is 0.884. The lowest BCUT2D eigenvalue weighted by atomic mass is 9.89. The van der Waals surface area contributed by atoms with E-state index < -0.39 is 18.2 Å². The second-order valence-electron chi connectivity index (χ2n) is 4.68. The van der Waals surface area contributed by atoms with Crippen molar-refractivity contribution >= 4 is 5.69 Å². The summed E-state index contributed by atoms with van der Waals surface area (Å²) in [5.41, 5.74) is 0.580. The minimum absolute atomic E-state index is 0.0502. The fraction of sp³-hybridized carbons (Fsp3) is 0.500. The first kappa shape index (κ1) is 13.0. The van der Waals surface area contributed by atoms with Crippen LogP contribution in [-0.2, 0) is 4.74 Å². The highest BCUT2D eigenvalue weighted by Crippen LogP contribution is 2.28. The number of ether oxygens (including phenoxy) is 2. The summed E-state index contributed by atoms with van der Waals surface area (Å²) < 4.78 is 46.4. The summed E-state index contributed by atoms with van der Waals surface area (Å²) >= 11 is 0. The lowest BCUT2D eigenvalue weighted by molar-refractivity contribution is -0.0924. The third-order valence-electron chi connectivity index (χ3n) is 2.77. The Morgan fingerprint density at radius 2 is 2.17 bits per heavy atom. The van der Waals surface area contributed by atoms with Gasteiger partial charge in [0.05, 0.1) is 13.2 Å². The number of alkyl halides is 2. The van der Waals surface area contributed by atoms with E-state index in [0.717, 1.165) is 6.07 Å². The third-order valence-corrected chi connectivity index (χ3v) is 2.77. The second kappa shape index (κ2) is 5.06. The smallest absolute Gasteiger partial charge is 0.387 e. The number of benzene rings is 1. The van der Waals surface area contributed by atoms with E-state index in [2.05, 4.69) is 10.1 Å². The Kier molecular flexibility index (Phi) is 3.65. The summed E-state index contributed by atoms with van der Waals surface area (Å²) in [7, 11) is 0. The highest BCUT2D eigenvalue weighted by Gasteiger charge is 2.32. The Labute approximate surface area is 103 Å². The van der Waals surface area contributed by atoms with Crippen LogP contribution >= 0.6 is 0 Å². The monoisotopic (exact) mass is 261 g/mol. The summed E-state index contributed by atoms with van der Waals surface area (Å²) in [5.74, 6) is -1.26. The average molecular weight is 261 g/mol. The number of hydrogen-bond acceptors (Lipinski definition) is 3. The van der Waals surface area contributed by atoms with Crippen LogP contribution in [0.25, 0.3) is 0 Å². The standard InChI is InChI=1S/C12H14F3NO2/c1-12(6-17-7-12)5-16-8-2-3-10(9(13)4-8)18-11(14)15/h2-4,11,16H,5-7H2,1H3. The predicted molar refractivity (Wildman–Crippen MR) is 60.4 cm³/mol. The maximum Gasteiger partial charge on any atom is 0.387 e. The van der Waals surface area contributed by atoms with Crippen molar-refractivity contribution in [2.45, 2.75) is 13.5 Å². The largest absolute Gasteiger partial charge is 0.432 e. The second-order valence-corrected chi connectivity index (χ2v) is 4.68. The number of halogens is 3. The molecule has 2 rings (SSSR count). The van der Waals surface area contributed by atoms with Gasteiger partial charge in [0, 0.05) is 23.7 Å². The molecule has 0 bridgehead atoms. The molecule has 1 N–H and O–H groups in total. The van der Waals surface area contributed by atoms with Gasteiger partial charge in [0.25, 0.3) is 0 Å². The molecule has 1 aromatic rings. The highest BCUT2D eigenvalue weighted by atomic mass is 19.3. The van der Waals surface area contributed by atoms with Crippen LogP contribution < -0.4 is 10.1 Å². The fourth-order valence-corrected chi connectivity index (χ4v) is 1.67. The third kappa shape index (κ3) is 3.07. The van der Waals surface area contributed by atoms with Crippen LogP contribution in [0.4, 0.5) is 18.9 Å². The van der Waals surface area contributed by atoms with Gasteiger partial charge in [-0.05, 0) is 12.1 Å². The van der Waals surface area contributed by atoms with Gasteiger partial charge in [-0.2, -0.15) is 8.78 Å². The van der Waals surface area contributed by atoms with Gasteiger partial charge in [-0.25, -0.2) is 4.39 Å². The maximum absolute atomic E-state index is 13.4. The molecule has 1 aliphatic heterocycles. The van der Waals surface area contributed by atoms with Gasteiger partial charge in [-0.3, -0.25) is 0 Å². The molecule has 18 heavy (non-hydrogen) atoms. The van der Waals surface area contributed by atoms with E-state index >= 15 is 0 Å². The van der Waals surface area contributed by atoms with Crippen LogP contribution in [0.5, 0.6) is 5.75 Å².